The minimum absolute atomic E-state index is 0.101. The lowest BCUT2D eigenvalue weighted by Crippen LogP contribution is -2.42. The third-order valence-corrected chi connectivity index (χ3v) is 5.52. The molecule has 0 bridgehead atoms. The van der Waals surface area contributed by atoms with E-state index in [-0.39, 0.29) is 29.0 Å². The highest BCUT2D eigenvalue weighted by Gasteiger charge is 2.24. The molecule has 0 saturated carbocycles. The first-order valence-electron chi connectivity index (χ1n) is 11.9. The molecule has 180 valence electrons. The highest BCUT2D eigenvalue weighted by molar-refractivity contribution is 6.06. The summed E-state index contributed by atoms with van der Waals surface area (Å²) in [6.45, 7) is 12.1. The molecule has 1 N–H and O–H groups in total. The fraction of sp³-hybridized carbons (Fsp3) is 0.357. The van der Waals surface area contributed by atoms with Crippen LogP contribution in [0.4, 0.5) is 4.39 Å². The van der Waals surface area contributed by atoms with E-state index in [9.17, 15) is 14.0 Å². The van der Waals surface area contributed by atoms with E-state index < -0.39 is 11.7 Å². The second kappa shape index (κ2) is 11.1. The maximum absolute atomic E-state index is 14.3. The van der Waals surface area contributed by atoms with E-state index in [1.165, 1.54) is 18.2 Å². The number of carbonyl (C=O) groups is 2. The number of rotatable bonds is 9. The van der Waals surface area contributed by atoms with E-state index >= 15 is 0 Å². The molecule has 0 spiro atoms. The van der Waals surface area contributed by atoms with Crippen LogP contribution in [0.15, 0.2) is 60.4 Å². The van der Waals surface area contributed by atoms with Crippen LogP contribution < -0.4 is 5.32 Å². The number of hydrogen-bond donors (Lipinski definition) is 1. The monoisotopic (exact) mass is 463 g/mol. The summed E-state index contributed by atoms with van der Waals surface area (Å²) in [4.78, 5) is 28.5. The Morgan fingerprint density at radius 2 is 1.62 bits per heavy atom. The number of fused-ring (bicyclic) bond motifs is 1. The van der Waals surface area contributed by atoms with Crippen molar-refractivity contribution < 1.29 is 14.0 Å². The van der Waals surface area contributed by atoms with Gasteiger partial charge < -0.3 is 14.8 Å². The minimum Gasteiger partial charge on any atom is -0.347 e. The predicted octanol–water partition coefficient (Wildman–Crippen LogP) is 5.71. The van der Waals surface area contributed by atoms with Crippen LogP contribution in [0.25, 0.3) is 17.0 Å². The average Bonchev–Trinajstić information content (AvgIpc) is 3.15. The van der Waals surface area contributed by atoms with Crippen molar-refractivity contribution in [2.75, 3.05) is 13.1 Å². The van der Waals surface area contributed by atoms with Gasteiger partial charge in [0.1, 0.15) is 11.5 Å². The van der Waals surface area contributed by atoms with Crippen LogP contribution in [0.5, 0.6) is 0 Å². The van der Waals surface area contributed by atoms with Crippen LogP contribution in [-0.2, 0) is 11.3 Å². The lowest BCUT2D eigenvalue weighted by atomic mass is 10.1. The number of halogens is 1. The molecule has 6 heteroatoms. The molecule has 0 aliphatic rings. The Kier molecular flexibility index (Phi) is 8.26. The van der Waals surface area contributed by atoms with Gasteiger partial charge in [-0.3, -0.25) is 9.59 Å². The van der Waals surface area contributed by atoms with E-state index in [0.29, 0.717) is 13.1 Å². The van der Waals surface area contributed by atoms with Crippen molar-refractivity contribution in [1.29, 1.82) is 0 Å². The van der Waals surface area contributed by atoms with Gasteiger partial charge in [0.05, 0.1) is 5.56 Å². The van der Waals surface area contributed by atoms with Gasteiger partial charge in [-0.2, -0.15) is 0 Å². The predicted molar refractivity (Wildman–Crippen MR) is 136 cm³/mol. The van der Waals surface area contributed by atoms with Crippen molar-refractivity contribution in [1.82, 2.24) is 14.8 Å². The molecule has 3 rings (SSSR count). The smallest absolute Gasteiger partial charge is 0.270 e. The van der Waals surface area contributed by atoms with Gasteiger partial charge in [0.15, 0.2) is 0 Å². The molecule has 3 aromatic rings. The Labute approximate surface area is 201 Å². The standard InChI is InChI=1S/C28H34FN3O2/c1-6-31-18-21(22-11-8-10-14-26(22)31)15-25(28(34)32(16-19(2)3)17-20(4)5)30-27(33)23-12-7-9-13-24(23)29/h7-15,18-20H,6,16-17H2,1-5H3,(H,30,33)/b25-15-. The van der Waals surface area contributed by atoms with Crippen molar-refractivity contribution in [3.8, 4) is 0 Å². The molecule has 2 aromatic carbocycles. The van der Waals surface area contributed by atoms with Crippen LogP contribution in [0.1, 0.15) is 50.5 Å². The van der Waals surface area contributed by atoms with Crippen LogP contribution in [0.3, 0.4) is 0 Å². The van der Waals surface area contributed by atoms with Gasteiger partial charge in [0, 0.05) is 42.3 Å². The van der Waals surface area contributed by atoms with Gasteiger partial charge in [-0.25, -0.2) is 4.39 Å². The molecule has 0 unspecified atom stereocenters. The summed E-state index contributed by atoms with van der Waals surface area (Å²) in [5.74, 6) is -1.04. The number of nitrogens with one attached hydrogen (secondary N) is 1. The second-order valence-electron chi connectivity index (χ2n) is 9.38. The average molecular weight is 464 g/mol. The first-order valence-corrected chi connectivity index (χ1v) is 11.9. The first-order chi connectivity index (χ1) is 16.2. The van der Waals surface area contributed by atoms with Crippen molar-refractivity contribution >= 4 is 28.8 Å². The summed E-state index contributed by atoms with van der Waals surface area (Å²) in [5, 5.41) is 3.70. The number of nitrogens with zero attached hydrogens (tertiary/aromatic N) is 2. The molecule has 0 saturated heterocycles. The van der Waals surface area contributed by atoms with E-state index in [1.807, 2.05) is 30.5 Å². The third kappa shape index (κ3) is 5.93. The summed E-state index contributed by atoms with van der Waals surface area (Å²) in [7, 11) is 0. The minimum atomic E-state index is -0.647. The van der Waals surface area contributed by atoms with Gasteiger partial charge in [-0.1, -0.05) is 58.0 Å². The molecule has 2 amide bonds. The maximum Gasteiger partial charge on any atom is 0.270 e. The Balaban J connectivity index is 2.09. The molecule has 0 radical (unpaired) electrons. The first kappa shape index (κ1) is 25.2. The van der Waals surface area contributed by atoms with Gasteiger partial charge in [0.25, 0.3) is 11.8 Å². The number of para-hydroxylation sites is 1. The van der Waals surface area contributed by atoms with Crippen molar-refractivity contribution in [3.05, 3.63) is 77.4 Å². The molecule has 0 aliphatic heterocycles. The van der Waals surface area contributed by atoms with Crippen LogP contribution >= 0.6 is 0 Å². The lowest BCUT2D eigenvalue weighted by molar-refractivity contribution is -0.128. The van der Waals surface area contributed by atoms with Crippen molar-refractivity contribution in [3.63, 3.8) is 0 Å². The molecular weight excluding hydrogens is 429 g/mol. The summed E-state index contributed by atoms with van der Waals surface area (Å²) in [6, 6.07) is 13.7. The van der Waals surface area contributed by atoms with Gasteiger partial charge in [-0.15, -0.1) is 0 Å². The van der Waals surface area contributed by atoms with Crippen molar-refractivity contribution in [2.45, 2.75) is 41.2 Å². The highest BCUT2D eigenvalue weighted by Crippen LogP contribution is 2.24. The zero-order valence-corrected chi connectivity index (χ0v) is 20.6. The fourth-order valence-electron chi connectivity index (χ4n) is 4.09. The van der Waals surface area contributed by atoms with Gasteiger partial charge in [-0.05, 0) is 43.0 Å². The maximum atomic E-state index is 14.3. The Morgan fingerprint density at radius 3 is 2.24 bits per heavy atom. The molecule has 0 aliphatic carbocycles. The Morgan fingerprint density at radius 1 is 1.00 bits per heavy atom. The number of aromatic nitrogens is 1. The molecule has 0 atom stereocenters. The van der Waals surface area contributed by atoms with E-state index in [2.05, 4.69) is 44.5 Å². The number of benzene rings is 2. The molecule has 1 heterocycles. The molecule has 1 aromatic heterocycles. The molecule has 0 fully saturated rings. The lowest BCUT2D eigenvalue weighted by Gasteiger charge is -2.27. The van der Waals surface area contributed by atoms with E-state index in [4.69, 9.17) is 0 Å². The Hall–Kier alpha value is -3.41. The highest BCUT2D eigenvalue weighted by atomic mass is 19.1. The van der Waals surface area contributed by atoms with E-state index in [0.717, 1.165) is 23.0 Å². The topological polar surface area (TPSA) is 54.3 Å². The summed E-state index contributed by atoms with van der Waals surface area (Å²) >= 11 is 0. The number of aryl methyl sites for hydroxylation is 1. The third-order valence-electron chi connectivity index (χ3n) is 5.52. The largest absolute Gasteiger partial charge is 0.347 e. The normalized spacial score (nSPS) is 11.9. The summed E-state index contributed by atoms with van der Waals surface area (Å²) in [5.41, 5.74) is 1.90. The fourth-order valence-corrected chi connectivity index (χ4v) is 4.09. The zero-order chi connectivity index (χ0) is 24.8. The van der Waals surface area contributed by atoms with Crippen molar-refractivity contribution in [2.24, 2.45) is 11.8 Å². The van der Waals surface area contributed by atoms with E-state index in [1.54, 1.807) is 17.0 Å². The molecule has 34 heavy (non-hydrogen) atoms. The number of hydrogen-bond acceptors (Lipinski definition) is 2. The Bertz CT molecular complexity index is 1180. The number of amides is 2. The van der Waals surface area contributed by atoms with Crippen LogP contribution in [0, 0.1) is 17.7 Å². The second-order valence-corrected chi connectivity index (χ2v) is 9.38. The van der Waals surface area contributed by atoms with Crippen LogP contribution in [0.2, 0.25) is 0 Å². The van der Waals surface area contributed by atoms with Crippen LogP contribution in [-0.4, -0.2) is 34.4 Å². The summed E-state index contributed by atoms with van der Waals surface area (Å²) in [6.07, 6.45) is 3.69. The molecule has 5 nitrogen and oxygen atoms in total. The number of carbonyl (C=O) groups excluding carboxylic acids is 2. The quantitative estimate of drug-likeness (QED) is 0.413. The molecular formula is C28H34FN3O2. The summed E-state index contributed by atoms with van der Waals surface area (Å²) < 4.78 is 16.4. The zero-order valence-electron chi connectivity index (χ0n) is 20.6. The van der Waals surface area contributed by atoms with Gasteiger partial charge in [0.2, 0.25) is 0 Å². The van der Waals surface area contributed by atoms with Gasteiger partial charge >= 0.3 is 0 Å². The SMILES string of the molecule is CCn1cc(/C=C(\NC(=O)c2ccccc2F)C(=O)N(CC(C)C)CC(C)C)c2ccccc21.